The Bertz CT molecular complexity index is 740. The van der Waals surface area contributed by atoms with Gasteiger partial charge in [0.25, 0.3) is 11.8 Å². The quantitative estimate of drug-likeness (QED) is 0.654. The normalized spacial score (nSPS) is 15.1. The highest BCUT2D eigenvalue weighted by molar-refractivity contribution is 5.97. The molecule has 1 amide bonds. The molecule has 1 aliphatic heterocycles. The van der Waals surface area contributed by atoms with Gasteiger partial charge in [-0.15, -0.1) is 0 Å². The molecule has 2 aromatic rings. The van der Waals surface area contributed by atoms with Gasteiger partial charge in [-0.05, 0) is 25.0 Å². The van der Waals surface area contributed by atoms with Crippen molar-refractivity contribution >= 4 is 5.91 Å². The van der Waals surface area contributed by atoms with Gasteiger partial charge in [-0.1, -0.05) is 17.3 Å². The monoisotopic (exact) mass is 375 g/mol. The van der Waals surface area contributed by atoms with Crippen molar-refractivity contribution in [3.05, 3.63) is 41.5 Å². The van der Waals surface area contributed by atoms with Crippen molar-refractivity contribution in [3.63, 3.8) is 0 Å². The fourth-order valence-electron chi connectivity index (χ4n) is 3.13. The molecule has 0 aliphatic carbocycles. The second kappa shape index (κ2) is 9.48. The van der Waals surface area contributed by atoms with Crippen LogP contribution < -0.4 is 4.74 Å². The average Bonchev–Trinajstić information content (AvgIpc) is 3.20. The Morgan fingerprint density at radius 3 is 2.74 bits per heavy atom. The van der Waals surface area contributed by atoms with Gasteiger partial charge in [0, 0.05) is 26.1 Å². The first-order valence-electron chi connectivity index (χ1n) is 9.04. The number of carbonyl (C=O) groups excluding carboxylic acids is 1. The number of methoxy groups -OCH3 is 2. The SMILES string of the molecule is COCCOCc1nc(C2CCN(C(=O)c3ccccc3OC)CC2)no1. The number of piperidine rings is 1. The van der Waals surface area contributed by atoms with E-state index >= 15 is 0 Å². The molecule has 1 aromatic heterocycles. The van der Waals surface area contributed by atoms with Crippen molar-refractivity contribution < 1.29 is 23.5 Å². The molecule has 2 heterocycles. The molecular formula is C19H25N3O5. The minimum absolute atomic E-state index is 0.00811. The number of ether oxygens (including phenoxy) is 3. The van der Waals surface area contributed by atoms with Gasteiger partial charge in [0.1, 0.15) is 12.4 Å². The van der Waals surface area contributed by atoms with Gasteiger partial charge in [0.05, 0.1) is 25.9 Å². The van der Waals surface area contributed by atoms with Gasteiger partial charge >= 0.3 is 0 Å². The third kappa shape index (κ3) is 4.84. The van der Waals surface area contributed by atoms with Crippen molar-refractivity contribution in [1.29, 1.82) is 0 Å². The van der Waals surface area contributed by atoms with E-state index in [0.717, 1.165) is 12.8 Å². The minimum Gasteiger partial charge on any atom is -0.496 e. The van der Waals surface area contributed by atoms with Crippen LogP contribution in [0.3, 0.4) is 0 Å². The van der Waals surface area contributed by atoms with E-state index in [9.17, 15) is 4.79 Å². The lowest BCUT2D eigenvalue weighted by molar-refractivity contribution is 0.0494. The highest BCUT2D eigenvalue weighted by Gasteiger charge is 2.28. The van der Waals surface area contributed by atoms with E-state index in [1.807, 2.05) is 17.0 Å². The fourth-order valence-corrected chi connectivity index (χ4v) is 3.13. The number of hydrogen-bond donors (Lipinski definition) is 0. The van der Waals surface area contributed by atoms with Crippen LogP contribution in [0, 0.1) is 0 Å². The maximum atomic E-state index is 12.8. The number of hydrogen-bond acceptors (Lipinski definition) is 7. The maximum absolute atomic E-state index is 12.8. The summed E-state index contributed by atoms with van der Waals surface area (Å²) in [5, 5.41) is 4.07. The van der Waals surface area contributed by atoms with Crippen molar-refractivity contribution in [2.24, 2.45) is 0 Å². The van der Waals surface area contributed by atoms with Gasteiger partial charge in [0.15, 0.2) is 5.82 Å². The molecule has 0 atom stereocenters. The second-order valence-corrected chi connectivity index (χ2v) is 6.36. The number of likely N-dealkylation sites (tertiary alicyclic amines) is 1. The number of carbonyl (C=O) groups is 1. The highest BCUT2D eigenvalue weighted by atomic mass is 16.5. The minimum atomic E-state index is -0.00811. The van der Waals surface area contributed by atoms with Gasteiger partial charge < -0.3 is 23.6 Å². The van der Waals surface area contributed by atoms with Gasteiger partial charge in [-0.3, -0.25) is 4.79 Å². The molecule has 3 rings (SSSR count). The van der Waals surface area contributed by atoms with Crippen LogP contribution in [0.5, 0.6) is 5.75 Å². The van der Waals surface area contributed by atoms with E-state index in [0.29, 0.717) is 49.3 Å². The molecule has 1 saturated heterocycles. The summed E-state index contributed by atoms with van der Waals surface area (Å²) in [5.74, 6) is 1.92. The number of para-hydroxylation sites is 1. The topological polar surface area (TPSA) is 86.9 Å². The average molecular weight is 375 g/mol. The van der Waals surface area contributed by atoms with Gasteiger partial charge in [-0.25, -0.2) is 0 Å². The molecule has 1 aromatic carbocycles. The molecule has 8 heteroatoms. The number of aromatic nitrogens is 2. The predicted octanol–water partition coefficient (Wildman–Crippen LogP) is 2.26. The molecular weight excluding hydrogens is 350 g/mol. The second-order valence-electron chi connectivity index (χ2n) is 6.36. The zero-order chi connectivity index (χ0) is 19.1. The Morgan fingerprint density at radius 1 is 1.22 bits per heavy atom. The van der Waals surface area contributed by atoms with E-state index in [-0.39, 0.29) is 18.4 Å². The zero-order valence-corrected chi connectivity index (χ0v) is 15.7. The fraction of sp³-hybridized carbons (Fsp3) is 0.526. The first kappa shape index (κ1) is 19.3. The molecule has 0 spiro atoms. The first-order valence-corrected chi connectivity index (χ1v) is 9.04. The molecule has 1 aliphatic rings. The summed E-state index contributed by atoms with van der Waals surface area (Å²) < 4.78 is 20.9. The molecule has 0 bridgehead atoms. The molecule has 146 valence electrons. The van der Waals surface area contributed by atoms with Gasteiger partial charge in [-0.2, -0.15) is 4.98 Å². The summed E-state index contributed by atoms with van der Waals surface area (Å²) in [6.07, 6.45) is 1.59. The van der Waals surface area contributed by atoms with Crippen LogP contribution in [0.2, 0.25) is 0 Å². The smallest absolute Gasteiger partial charge is 0.257 e. The lowest BCUT2D eigenvalue weighted by atomic mass is 9.95. The van der Waals surface area contributed by atoms with Crippen molar-refractivity contribution in [1.82, 2.24) is 15.0 Å². The standard InChI is InChI=1S/C19H25N3O5/c1-24-11-12-26-13-17-20-18(21-27-17)14-7-9-22(10-8-14)19(23)15-5-3-4-6-16(15)25-2/h3-6,14H,7-13H2,1-2H3. The number of rotatable bonds is 8. The lowest BCUT2D eigenvalue weighted by Gasteiger charge is -2.31. The van der Waals surface area contributed by atoms with Crippen LogP contribution in [0.15, 0.2) is 28.8 Å². The molecule has 0 saturated carbocycles. The van der Waals surface area contributed by atoms with Crippen LogP contribution >= 0.6 is 0 Å². The third-order valence-corrected chi connectivity index (χ3v) is 4.63. The first-order chi connectivity index (χ1) is 13.2. The molecule has 27 heavy (non-hydrogen) atoms. The van der Waals surface area contributed by atoms with Crippen LogP contribution in [-0.2, 0) is 16.1 Å². The lowest BCUT2D eigenvalue weighted by Crippen LogP contribution is -2.38. The zero-order valence-electron chi connectivity index (χ0n) is 15.7. The van der Waals surface area contributed by atoms with E-state index < -0.39 is 0 Å². The van der Waals surface area contributed by atoms with E-state index in [4.69, 9.17) is 18.7 Å². The number of benzene rings is 1. The number of amides is 1. The summed E-state index contributed by atoms with van der Waals surface area (Å²) in [5.41, 5.74) is 0.591. The molecule has 1 fully saturated rings. The number of nitrogens with zero attached hydrogens (tertiary/aromatic N) is 3. The molecule has 0 radical (unpaired) electrons. The Labute approximate surface area is 158 Å². The summed E-state index contributed by atoms with van der Waals surface area (Å²) in [6, 6.07) is 7.30. The van der Waals surface area contributed by atoms with Crippen LogP contribution in [0.4, 0.5) is 0 Å². The Morgan fingerprint density at radius 2 is 2.00 bits per heavy atom. The highest BCUT2D eigenvalue weighted by Crippen LogP contribution is 2.28. The van der Waals surface area contributed by atoms with E-state index in [1.165, 1.54) is 0 Å². The maximum Gasteiger partial charge on any atom is 0.257 e. The molecule has 8 nitrogen and oxygen atoms in total. The predicted molar refractivity (Wildman–Crippen MR) is 96.7 cm³/mol. The van der Waals surface area contributed by atoms with Crippen molar-refractivity contribution in [3.8, 4) is 5.75 Å². The van der Waals surface area contributed by atoms with Gasteiger partial charge in [0.2, 0.25) is 0 Å². The van der Waals surface area contributed by atoms with Crippen LogP contribution in [0.1, 0.15) is 40.8 Å². The third-order valence-electron chi connectivity index (χ3n) is 4.63. The van der Waals surface area contributed by atoms with Crippen LogP contribution in [0.25, 0.3) is 0 Å². The Balaban J connectivity index is 1.53. The van der Waals surface area contributed by atoms with E-state index in [2.05, 4.69) is 10.1 Å². The van der Waals surface area contributed by atoms with Crippen molar-refractivity contribution in [2.45, 2.75) is 25.4 Å². The largest absolute Gasteiger partial charge is 0.496 e. The summed E-state index contributed by atoms with van der Waals surface area (Å²) in [7, 11) is 3.20. The summed E-state index contributed by atoms with van der Waals surface area (Å²) in [4.78, 5) is 19.0. The Hall–Kier alpha value is -2.45. The molecule has 0 N–H and O–H groups in total. The van der Waals surface area contributed by atoms with E-state index in [1.54, 1.807) is 26.4 Å². The van der Waals surface area contributed by atoms with Crippen LogP contribution in [-0.4, -0.2) is 61.5 Å². The Kier molecular flexibility index (Phi) is 6.78. The van der Waals surface area contributed by atoms with Crippen molar-refractivity contribution in [2.75, 3.05) is 40.5 Å². The summed E-state index contributed by atoms with van der Waals surface area (Å²) >= 11 is 0. The summed E-state index contributed by atoms with van der Waals surface area (Å²) in [6.45, 7) is 2.59. The molecule has 0 unspecified atom stereocenters.